The van der Waals surface area contributed by atoms with Gasteiger partial charge in [0.25, 0.3) is 0 Å². The number of anilines is 1. The number of aryl methyl sites for hydroxylation is 1. The summed E-state index contributed by atoms with van der Waals surface area (Å²) in [4.78, 5) is 7.35. The van der Waals surface area contributed by atoms with Gasteiger partial charge in [0.15, 0.2) is 0 Å². The molecule has 0 bridgehead atoms. The first-order chi connectivity index (χ1) is 9.29. The lowest BCUT2D eigenvalue weighted by Crippen LogP contribution is -2.54. The predicted molar refractivity (Wildman–Crippen MR) is 79.1 cm³/mol. The molecule has 3 heteroatoms. The van der Waals surface area contributed by atoms with Crippen LogP contribution < -0.4 is 10.2 Å². The Morgan fingerprint density at radius 2 is 2.16 bits per heavy atom. The molecule has 0 saturated carbocycles. The zero-order valence-corrected chi connectivity index (χ0v) is 11.6. The molecule has 0 fully saturated rings. The van der Waals surface area contributed by atoms with Gasteiger partial charge >= 0.3 is 0 Å². The minimum atomic E-state index is 0.0548. The van der Waals surface area contributed by atoms with E-state index in [9.17, 15) is 0 Å². The van der Waals surface area contributed by atoms with E-state index in [1.54, 1.807) is 0 Å². The molecule has 3 heterocycles. The Kier molecular flexibility index (Phi) is 2.38. The van der Waals surface area contributed by atoms with E-state index >= 15 is 0 Å². The number of hydrogen-bond acceptors (Lipinski definition) is 3. The van der Waals surface area contributed by atoms with E-state index in [1.807, 2.05) is 0 Å². The summed E-state index contributed by atoms with van der Waals surface area (Å²) >= 11 is 0. The maximum absolute atomic E-state index is 4.72. The standard InChI is InChI=1S/C16H21N3/c1-16(15-17-8-9-18-15)11-13-7-4-6-12-5-2-3-10-19(16)14(12)13/h4,6-7H,2-3,5,8-11H2,1H3,(H,17,18). The Labute approximate surface area is 114 Å². The van der Waals surface area contributed by atoms with Gasteiger partial charge in [0.05, 0.1) is 12.1 Å². The second kappa shape index (κ2) is 3.99. The first kappa shape index (κ1) is 11.3. The van der Waals surface area contributed by atoms with Gasteiger partial charge in [-0.2, -0.15) is 0 Å². The lowest BCUT2D eigenvalue weighted by Gasteiger charge is -2.37. The fourth-order valence-electron chi connectivity index (χ4n) is 3.96. The first-order valence-corrected chi connectivity index (χ1v) is 7.46. The number of nitrogens with zero attached hydrogens (tertiary/aromatic N) is 2. The fraction of sp³-hybridized carbons (Fsp3) is 0.562. The van der Waals surface area contributed by atoms with Crippen LogP contribution >= 0.6 is 0 Å². The number of amidine groups is 1. The molecule has 100 valence electrons. The van der Waals surface area contributed by atoms with Crippen LogP contribution in [0.4, 0.5) is 5.69 Å². The van der Waals surface area contributed by atoms with Crippen molar-refractivity contribution in [2.24, 2.45) is 4.99 Å². The minimum Gasteiger partial charge on any atom is -0.370 e. The summed E-state index contributed by atoms with van der Waals surface area (Å²) in [5.41, 5.74) is 4.62. The quantitative estimate of drug-likeness (QED) is 0.832. The van der Waals surface area contributed by atoms with Crippen molar-refractivity contribution < 1.29 is 0 Å². The molecule has 4 rings (SSSR count). The highest BCUT2D eigenvalue weighted by atomic mass is 15.3. The predicted octanol–water partition coefficient (Wildman–Crippen LogP) is 2.15. The molecule has 1 N–H and O–H groups in total. The number of aliphatic imine (C=N–C) groups is 1. The highest BCUT2D eigenvalue weighted by Gasteiger charge is 2.45. The van der Waals surface area contributed by atoms with Gasteiger partial charge in [-0.15, -0.1) is 0 Å². The van der Waals surface area contributed by atoms with E-state index in [4.69, 9.17) is 4.99 Å². The third-order valence-corrected chi connectivity index (χ3v) is 4.87. The second-order valence-electron chi connectivity index (χ2n) is 6.14. The molecular weight excluding hydrogens is 234 g/mol. The molecule has 3 aliphatic rings. The molecule has 0 aliphatic carbocycles. The number of rotatable bonds is 1. The van der Waals surface area contributed by atoms with Gasteiger partial charge in [0, 0.05) is 25.2 Å². The molecule has 1 aromatic rings. The largest absolute Gasteiger partial charge is 0.370 e. The summed E-state index contributed by atoms with van der Waals surface area (Å²) in [6.07, 6.45) is 4.93. The van der Waals surface area contributed by atoms with Crippen molar-refractivity contribution in [1.29, 1.82) is 0 Å². The third-order valence-electron chi connectivity index (χ3n) is 4.87. The maximum Gasteiger partial charge on any atom is 0.123 e. The SMILES string of the molecule is CC1(C2=NCCN2)Cc2cccc3c2N1CCCC3. The first-order valence-electron chi connectivity index (χ1n) is 7.46. The van der Waals surface area contributed by atoms with Crippen LogP contribution in [0.5, 0.6) is 0 Å². The van der Waals surface area contributed by atoms with Crippen LogP contribution in [0.2, 0.25) is 0 Å². The number of nitrogens with one attached hydrogen (secondary N) is 1. The summed E-state index contributed by atoms with van der Waals surface area (Å²) in [7, 11) is 0. The fourth-order valence-corrected chi connectivity index (χ4v) is 3.96. The Bertz CT molecular complexity index is 549. The normalized spacial score (nSPS) is 28.7. The maximum atomic E-state index is 4.72. The Balaban J connectivity index is 1.84. The van der Waals surface area contributed by atoms with Crippen molar-refractivity contribution in [3.63, 3.8) is 0 Å². The van der Waals surface area contributed by atoms with Crippen molar-refractivity contribution in [3.8, 4) is 0 Å². The lowest BCUT2D eigenvalue weighted by molar-refractivity contribution is 0.555. The van der Waals surface area contributed by atoms with Crippen molar-refractivity contribution in [2.75, 3.05) is 24.5 Å². The molecule has 0 radical (unpaired) electrons. The van der Waals surface area contributed by atoms with Crippen LogP contribution in [-0.2, 0) is 12.8 Å². The smallest absolute Gasteiger partial charge is 0.123 e. The molecule has 3 aliphatic heterocycles. The van der Waals surface area contributed by atoms with Gasteiger partial charge in [-0.3, -0.25) is 4.99 Å². The van der Waals surface area contributed by atoms with Crippen molar-refractivity contribution in [3.05, 3.63) is 29.3 Å². The summed E-state index contributed by atoms with van der Waals surface area (Å²) < 4.78 is 0. The van der Waals surface area contributed by atoms with E-state index in [2.05, 4.69) is 35.3 Å². The molecule has 0 saturated heterocycles. The lowest BCUT2D eigenvalue weighted by atomic mass is 9.94. The van der Waals surface area contributed by atoms with E-state index in [-0.39, 0.29) is 5.54 Å². The van der Waals surface area contributed by atoms with Crippen LogP contribution in [-0.4, -0.2) is 31.0 Å². The van der Waals surface area contributed by atoms with Crippen LogP contribution in [0.25, 0.3) is 0 Å². The second-order valence-corrected chi connectivity index (χ2v) is 6.14. The molecule has 19 heavy (non-hydrogen) atoms. The van der Waals surface area contributed by atoms with Crippen molar-refractivity contribution >= 4 is 11.5 Å². The molecule has 0 amide bonds. The van der Waals surface area contributed by atoms with E-state index in [0.717, 1.165) is 19.5 Å². The topological polar surface area (TPSA) is 27.6 Å². The Morgan fingerprint density at radius 1 is 1.26 bits per heavy atom. The van der Waals surface area contributed by atoms with Crippen molar-refractivity contribution in [1.82, 2.24) is 5.32 Å². The highest BCUT2D eigenvalue weighted by molar-refractivity contribution is 5.98. The third kappa shape index (κ3) is 1.54. The molecule has 1 unspecified atom stereocenters. The zero-order valence-electron chi connectivity index (χ0n) is 11.6. The van der Waals surface area contributed by atoms with Gasteiger partial charge < -0.3 is 10.2 Å². The van der Waals surface area contributed by atoms with Gasteiger partial charge in [-0.25, -0.2) is 0 Å². The van der Waals surface area contributed by atoms with Crippen LogP contribution in [0.3, 0.4) is 0 Å². The van der Waals surface area contributed by atoms with Crippen LogP contribution in [0, 0.1) is 0 Å². The molecule has 0 aromatic heterocycles. The Hall–Kier alpha value is -1.51. The monoisotopic (exact) mass is 255 g/mol. The molecule has 0 spiro atoms. The Morgan fingerprint density at radius 3 is 3.00 bits per heavy atom. The molecule has 1 atom stereocenters. The molecule has 3 nitrogen and oxygen atoms in total. The van der Waals surface area contributed by atoms with Gasteiger partial charge in [-0.1, -0.05) is 18.2 Å². The number of hydrogen-bond donors (Lipinski definition) is 1. The summed E-state index contributed by atoms with van der Waals surface area (Å²) in [6.45, 7) is 5.46. The molecular formula is C16H21N3. The highest BCUT2D eigenvalue weighted by Crippen LogP contribution is 2.43. The number of benzene rings is 1. The minimum absolute atomic E-state index is 0.0548. The zero-order chi connectivity index (χ0) is 12.9. The van der Waals surface area contributed by atoms with E-state index in [0.29, 0.717) is 0 Å². The van der Waals surface area contributed by atoms with Gasteiger partial charge in [-0.05, 0) is 37.3 Å². The average molecular weight is 255 g/mol. The van der Waals surface area contributed by atoms with Crippen LogP contribution in [0.15, 0.2) is 23.2 Å². The number of para-hydroxylation sites is 1. The van der Waals surface area contributed by atoms with Crippen molar-refractivity contribution in [2.45, 2.75) is 38.1 Å². The summed E-state index contributed by atoms with van der Waals surface area (Å²) in [5, 5.41) is 3.51. The summed E-state index contributed by atoms with van der Waals surface area (Å²) in [6, 6.07) is 6.85. The van der Waals surface area contributed by atoms with Crippen LogP contribution in [0.1, 0.15) is 30.9 Å². The summed E-state index contributed by atoms with van der Waals surface area (Å²) in [5.74, 6) is 1.21. The van der Waals surface area contributed by atoms with E-state index < -0.39 is 0 Å². The van der Waals surface area contributed by atoms with Gasteiger partial charge in [0.2, 0.25) is 0 Å². The molecule has 1 aromatic carbocycles. The van der Waals surface area contributed by atoms with Gasteiger partial charge in [0.1, 0.15) is 5.84 Å². The van der Waals surface area contributed by atoms with E-state index in [1.165, 1.54) is 48.5 Å². The average Bonchev–Trinajstić information content (AvgIpc) is 2.96.